The lowest BCUT2D eigenvalue weighted by atomic mass is 10.1. The van der Waals surface area contributed by atoms with Crippen LogP contribution in [-0.2, 0) is 14.8 Å². The number of sulfonamides is 1. The third kappa shape index (κ3) is 5.19. The number of ether oxygens (including phenoxy) is 1. The summed E-state index contributed by atoms with van der Waals surface area (Å²) in [6, 6.07) is 5.03. The number of hydrogen-bond donors (Lipinski definition) is 2. The molecule has 5 rings (SSSR count). The number of nitrogens with one attached hydrogen (secondary N) is 2. The maximum absolute atomic E-state index is 13.5. The Morgan fingerprint density at radius 3 is 2.71 bits per heavy atom. The number of fused-ring (bicyclic) bond motifs is 1. The molecule has 2 N–H and O–H groups in total. The van der Waals surface area contributed by atoms with Crippen LogP contribution in [0.3, 0.4) is 0 Å². The van der Waals surface area contributed by atoms with Crippen molar-refractivity contribution in [2.45, 2.75) is 55.6 Å². The monoisotopic (exact) mass is 564 g/mol. The van der Waals surface area contributed by atoms with Gasteiger partial charge in [0.05, 0.1) is 28.8 Å². The van der Waals surface area contributed by atoms with Crippen LogP contribution in [0.5, 0.6) is 0 Å². The van der Waals surface area contributed by atoms with Crippen LogP contribution >= 0.6 is 11.3 Å². The van der Waals surface area contributed by atoms with Gasteiger partial charge in [0.2, 0.25) is 10.0 Å². The molecule has 38 heavy (non-hydrogen) atoms. The largest absolute Gasteiger partial charge is 0.383 e. The minimum absolute atomic E-state index is 0.0234. The summed E-state index contributed by atoms with van der Waals surface area (Å²) in [5.74, 6) is 0.370. The summed E-state index contributed by atoms with van der Waals surface area (Å²) in [6.45, 7) is 5.21. The fourth-order valence-electron chi connectivity index (χ4n) is 4.63. The number of hydrogen-bond acceptors (Lipinski definition) is 11. The summed E-state index contributed by atoms with van der Waals surface area (Å²) < 4.78 is 61.4. The Morgan fingerprint density at radius 2 is 2.08 bits per heavy atom. The predicted molar refractivity (Wildman–Crippen MR) is 137 cm³/mol. The quantitative estimate of drug-likeness (QED) is 0.418. The summed E-state index contributed by atoms with van der Waals surface area (Å²) in [4.78, 5) is 11.0. The molecule has 15 heteroatoms. The number of anilines is 1. The molecular weight excluding hydrogens is 538 g/mol. The average Bonchev–Trinajstić information content (AvgIpc) is 3.43. The van der Waals surface area contributed by atoms with Gasteiger partial charge in [0.15, 0.2) is 10.0 Å². The molecule has 1 aromatic carbocycles. The van der Waals surface area contributed by atoms with Gasteiger partial charge in [-0.25, -0.2) is 27.2 Å². The van der Waals surface area contributed by atoms with Gasteiger partial charge in [-0.15, -0.1) is 10.2 Å². The molecule has 1 saturated heterocycles. The second-order valence-electron chi connectivity index (χ2n) is 9.63. The molecule has 3 aromatic rings. The number of nitrogens with zero attached hydrogens (tertiary/aromatic N) is 6. The Kier molecular flexibility index (Phi) is 7.03. The number of benzene rings is 1. The van der Waals surface area contributed by atoms with Crippen molar-refractivity contribution in [1.82, 2.24) is 30.2 Å². The van der Waals surface area contributed by atoms with Crippen molar-refractivity contribution >= 4 is 38.0 Å². The zero-order chi connectivity index (χ0) is 27.2. The number of nitriles is 1. The van der Waals surface area contributed by atoms with Crippen LogP contribution in [0.15, 0.2) is 17.0 Å². The first kappa shape index (κ1) is 26.7. The van der Waals surface area contributed by atoms with E-state index in [0.717, 1.165) is 0 Å². The molecule has 1 saturated carbocycles. The molecule has 1 aliphatic heterocycles. The van der Waals surface area contributed by atoms with Crippen LogP contribution in [0.2, 0.25) is 0 Å². The average molecular weight is 565 g/mol. The highest BCUT2D eigenvalue weighted by Gasteiger charge is 2.47. The van der Waals surface area contributed by atoms with Crippen molar-refractivity contribution in [2.24, 2.45) is 0 Å². The molecule has 2 atom stereocenters. The molecule has 1 aliphatic carbocycles. The van der Waals surface area contributed by atoms with Crippen LogP contribution < -0.4 is 14.9 Å². The molecular formula is C23H26F2N8O3S2. The van der Waals surface area contributed by atoms with Gasteiger partial charge in [-0.3, -0.25) is 0 Å². The standard InChI is InChI=1S/C23H26F2N8O3S2/c1-12-8-33(9-14(27-12)10-36-3)17-7-15(38(34,35)32-23(11-26)4-5-23)6-16-18(17)28-13(2)29-19(16)21-30-31-22(37-21)20(24)25/h6-7,12,14,20,27,32H,4-5,8-10H2,1-3H3/t12-,14+/m1/s1. The molecule has 202 valence electrons. The van der Waals surface area contributed by atoms with E-state index in [0.29, 0.717) is 66.3 Å². The Balaban J connectivity index is 1.72. The SMILES string of the molecule is COC[C@@H]1CN(c2cc(S(=O)(=O)NC3(C#N)CC3)cc3c(-c4nnc(C(F)F)s4)nc(C)nc23)C[C@@H](C)N1. The number of alkyl halides is 2. The molecule has 0 spiro atoms. The van der Waals surface area contributed by atoms with Gasteiger partial charge < -0.3 is 15.0 Å². The van der Waals surface area contributed by atoms with Gasteiger partial charge in [0.25, 0.3) is 6.43 Å². The van der Waals surface area contributed by atoms with E-state index in [2.05, 4.69) is 30.2 Å². The van der Waals surface area contributed by atoms with Crippen molar-refractivity contribution in [3.8, 4) is 16.8 Å². The van der Waals surface area contributed by atoms with E-state index in [1.807, 2.05) is 17.9 Å². The van der Waals surface area contributed by atoms with Crippen LogP contribution in [0.1, 0.15) is 37.0 Å². The van der Waals surface area contributed by atoms with Gasteiger partial charge in [0, 0.05) is 37.7 Å². The highest BCUT2D eigenvalue weighted by atomic mass is 32.2. The van der Waals surface area contributed by atoms with E-state index in [-0.39, 0.29) is 27.7 Å². The van der Waals surface area contributed by atoms with Crippen molar-refractivity contribution in [1.29, 1.82) is 5.26 Å². The molecule has 2 aromatic heterocycles. The lowest BCUT2D eigenvalue weighted by molar-refractivity contribution is 0.150. The third-order valence-electron chi connectivity index (χ3n) is 6.46. The molecule has 2 aliphatic rings. The highest BCUT2D eigenvalue weighted by Crippen LogP contribution is 2.39. The topological polar surface area (TPSA) is 146 Å². The van der Waals surface area contributed by atoms with Crippen LogP contribution in [-0.4, -0.2) is 73.0 Å². The van der Waals surface area contributed by atoms with Gasteiger partial charge in [-0.1, -0.05) is 11.3 Å². The number of rotatable bonds is 8. The predicted octanol–water partition coefficient (Wildman–Crippen LogP) is 2.54. The van der Waals surface area contributed by atoms with E-state index < -0.39 is 27.0 Å². The zero-order valence-electron chi connectivity index (χ0n) is 20.9. The molecule has 0 unspecified atom stereocenters. The summed E-state index contributed by atoms with van der Waals surface area (Å²) >= 11 is 0.693. The van der Waals surface area contributed by atoms with Crippen molar-refractivity contribution < 1.29 is 21.9 Å². The maximum atomic E-state index is 13.5. The van der Waals surface area contributed by atoms with Gasteiger partial charge >= 0.3 is 0 Å². The minimum Gasteiger partial charge on any atom is -0.383 e. The number of aromatic nitrogens is 4. The minimum atomic E-state index is -4.12. The van der Waals surface area contributed by atoms with Gasteiger partial charge in [0.1, 0.15) is 17.1 Å². The van der Waals surface area contributed by atoms with Crippen molar-refractivity contribution in [3.05, 3.63) is 23.0 Å². The van der Waals surface area contributed by atoms with Gasteiger partial charge in [-0.05, 0) is 38.8 Å². The Morgan fingerprint density at radius 1 is 1.32 bits per heavy atom. The normalized spacial score (nSPS) is 21.1. The number of piperazine rings is 1. The van der Waals surface area contributed by atoms with E-state index in [1.165, 1.54) is 6.07 Å². The van der Waals surface area contributed by atoms with E-state index >= 15 is 0 Å². The fraction of sp³-hybridized carbons (Fsp3) is 0.522. The molecule has 0 radical (unpaired) electrons. The molecule has 11 nitrogen and oxygen atoms in total. The Bertz CT molecular complexity index is 1520. The summed E-state index contributed by atoms with van der Waals surface area (Å²) in [5, 5.41) is 20.4. The lowest BCUT2D eigenvalue weighted by Crippen LogP contribution is -2.57. The second kappa shape index (κ2) is 10.0. The lowest BCUT2D eigenvalue weighted by Gasteiger charge is -2.39. The Labute approximate surface area is 222 Å². The first-order valence-corrected chi connectivity index (χ1v) is 14.2. The van der Waals surface area contributed by atoms with Gasteiger partial charge in [-0.2, -0.15) is 9.98 Å². The summed E-state index contributed by atoms with van der Waals surface area (Å²) in [5.41, 5.74) is 0.101. The van der Waals surface area contributed by atoms with E-state index in [4.69, 9.17) is 4.74 Å². The molecule has 2 fully saturated rings. The number of halogens is 2. The second-order valence-corrected chi connectivity index (χ2v) is 12.3. The molecule has 3 heterocycles. The van der Waals surface area contributed by atoms with Crippen LogP contribution in [0, 0.1) is 18.3 Å². The number of aryl methyl sites for hydroxylation is 1. The van der Waals surface area contributed by atoms with E-state index in [9.17, 15) is 22.5 Å². The maximum Gasteiger partial charge on any atom is 0.291 e. The van der Waals surface area contributed by atoms with Crippen LogP contribution in [0.25, 0.3) is 21.6 Å². The van der Waals surface area contributed by atoms with Crippen molar-refractivity contribution in [3.63, 3.8) is 0 Å². The Hall–Kier alpha value is -2.90. The zero-order valence-corrected chi connectivity index (χ0v) is 22.5. The van der Waals surface area contributed by atoms with Crippen molar-refractivity contribution in [2.75, 3.05) is 31.7 Å². The smallest absolute Gasteiger partial charge is 0.291 e. The summed E-state index contributed by atoms with van der Waals surface area (Å²) in [6.07, 6.45) is -1.95. The first-order chi connectivity index (χ1) is 18.0. The third-order valence-corrected chi connectivity index (χ3v) is 8.92. The first-order valence-electron chi connectivity index (χ1n) is 11.9. The fourth-order valence-corrected chi connectivity index (χ4v) is 6.76. The number of methoxy groups -OCH3 is 1. The molecule has 0 bridgehead atoms. The van der Waals surface area contributed by atoms with E-state index in [1.54, 1.807) is 20.1 Å². The van der Waals surface area contributed by atoms with Crippen LogP contribution in [0.4, 0.5) is 14.5 Å². The molecule has 0 amide bonds. The highest BCUT2D eigenvalue weighted by molar-refractivity contribution is 7.89. The summed E-state index contributed by atoms with van der Waals surface area (Å²) in [7, 11) is -2.51.